The lowest BCUT2D eigenvalue weighted by Gasteiger charge is -2.15. The molecule has 3 rings (SSSR count). The van der Waals surface area contributed by atoms with Gasteiger partial charge in [-0.05, 0) is 24.2 Å². The standard InChI is InChI=1S/C15H18BrN3O2Si/c1-22(2,3)7-6-21-19-14-11-5-4-10(16)8-13(11)18-15(20)12(14)9-17-19/h4-5,8-9H,6-7H2,1-3H3,(H,18,20). The highest BCUT2D eigenvalue weighted by Gasteiger charge is 2.15. The fraction of sp³-hybridized carbons (Fsp3) is 0.333. The normalized spacial score (nSPS) is 12.2. The molecule has 3 aromatic rings. The second kappa shape index (κ2) is 5.55. The number of aromatic amines is 1. The van der Waals surface area contributed by atoms with Gasteiger partial charge in [0.15, 0.2) is 0 Å². The van der Waals surface area contributed by atoms with Crippen LogP contribution in [0, 0.1) is 0 Å². The molecule has 0 radical (unpaired) electrons. The number of pyridine rings is 1. The van der Waals surface area contributed by atoms with Crippen molar-refractivity contribution in [3.05, 3.63) is 39.2 Å². The molecule has 5 nitrogen and oxygen atoms in total. The predicted octanol–water partition coefficient (Wildman–Crippen LogP) is 3.41. The predicted molar refractivity (Wildman–Crippen MR) is 95.2 cm³/mol. The highest BCUT2D eigenvalue weighted by Crippen LogP contribution is 2.23. The zero-order valence-electron chi connectivity index (χ0n) is 12.8. The van der Waals surface area contributed by atoms with Gasteiger partial charge in [0.2, 0.25) is 0 Å². The van der Waals surface area contributed by atoms with Crippen LogP contribution in [0.1, 0.15) is 0 Å². The van der Waals surface area contributed by atoms with Gasteiger partial charge in [0.25, 0.3) is 5.56 Å². The van der Waals surface area contributed by atoms with E-state index in [1.54, 1.807) is 6.20 Å². The van der Waals surface area contributed by atoms with E-state index in [1.165, 1.54) is 4.85 Å². The lowest BCUT2D eigenvalue weighted by molar-refractivity contribution is 0.102. The van der Waals surface area contributed by atoms with E-state index in [9.17, 15) is 4.79 Å². The second-order valence-electron chi connectivity index (χ2n) is 6.57. The van der Waals surface area contributed by atoms with E-state index in [4.69, 9.17) is 4.84 Å². The van der Waals surface area contributed by atoms with Crippen LogP contribution >= 0.6 is 15.9 Å². The number of fused-ring (bicyclic) bond motifs is 3. The molecule has 0 fully saturated rings. The van der Waals surface area contributed by atoms with Gasteiger partial charge in [-0.1, -0.05) is 40.4 Å². The van der Waals surface area contributed by atoms with E-state index >= 15 is 0 Å². The van der Waals surface area contributed by atoms with Crippen molar-refractivity contribution in [2.45, 2.75) is 25.7 Å². The number of benzene rings is 1. The van der Waals surface area contributed by atoms with Gasteiger partial charge in [0.1, 0.15) is 12.1 Å². The minimum atomic E-state index is -1.17. The van der Waals surface area contributed by atoms with Crippen LogP contribution in [-0.4, -0.2) is 29.6 Å². The maximum Gasteiger partial charge on any atom is 0.259 e. The van der Waals surface area contributed by atoms with Gasteiger partial charge in [-0.25, -0.2) is 0 Å². The number of H-pyrrole nitrogens is 1. The fourth-order valence-electron chi connectivity index (χ4n) is 2.30. The first-order valence-corrected chi connectivity index (χ1v) is 11.7. The molecule has 0 saturated heterocycles. The highest BCUT2D eigenvalue weighted by molar-refractivity contribution is 9.10. The molecule has 0 spiro atoms. The smallest absolute Gasteiger partial charge is 0.259 e. The van der Waals surface area contributed by atoms with E-state index in [0.717, 1.165) is 26.9 Å². The van der Waals surface area contributed by atoms with Crippen LogP contribution in [0.5, 0.6) is 0 Å². The number of nitrogens with one attached hydrogen (secondary N) is 1. The van der Waals surface area contributed by atoms with Gasteiger partial charge < -0.3 is 9.82 Å². The summed E-state index contributed by atoms with van der Waals surface area (Å²) in [7, 11) is -1.17. The minimum Gasteiger partial charge on any atom is -0.396 e. The van der Waals surface area contributed by atoms with Gasteiger partial charge in [-0.3, -0.25) is 4.79 Å². The van der Waals surface area contributed by atoms with Crippen molar-refractivity contribution >= 4 is 45.8 Å². The molecule has 7 heteroatoms. The summed E-state index contributed by atoms with van der Waals surface area (Å²) in [5, 5.41) is 5.69. The SMILES string of the molecule is C[Si](C)(C)CCOn1ncc2c(=O)[nH]c3cc(Br)ccc3c21. The Morgan fingerprint density at radius 2 is 2.09 bits per heavy atom. The summed E-state index contributed by atoms with van der Waals surface area (Å²) in [6, 6.07) is 6.83. The zero-order chi connectivity index (χ0) is 15.9. The molecule has 0 atom stereocenters. The summed E-state index contributed by atoms with van der Waals surface area (Å²) >= 11 is 3.42. The Bertz CT molecular complexity index is 895. The molecule has 0 bridgehead atoms. The van der Waals surface area contributed by atoms with Gasteiger partial charge in [-0.2, -0.15) is 0 Å². The Morgan fingerprint density at radius 3 is 2.82 bits per heavy atom. The summed E-state index contributed by atoms with van der Waals surface area (Å²) in [6.07, 6.45) is 1.56. The van der Waals surface area contributed by atoms with Crippen LogP contribution in [0.3, 0.4) is 0 Å². The molecular formula is C15H18BrN3O2Si. The summed E-state index contributed by atoms with van der Waals surface area (Å²) in [5.74, 6) is 0. The molecule has 1 aromatic carbocycles. The van der Waals surface area contributed by atoms with Crippen LogP contribution in [0.2, 0.25) is 25.7 Å². The maximum absolute atomic E-state index is 12.2. The Hall–Kier alpha value is -1.60. The number of hydrogen-bond acceptors (Lipinski definition) is 3. The molecule has 0 saturated carbocycles. The third kappa shape index (κ3) is 2.96. The quantitative estimate of drug-likeness (QED) is 0.706. The summed E-state index contributed by atoms with van der Waals surface area (Å²) < 4.78 is 0.917. The van der Waals surface area contributed by atoms with Gasteiger partial charge in [0, 0.05) is 17.9 Å². The molecule has 1 N–H and O–H groups in total. The third-order valence-electron chi connectivity index (χ3n) is 3.53. The average Bonchev–Trinajstić information content (AvgIpc) is 2.82. The summed E-state index contributed by atoms with van der Waals surface area (Å²) in [5.41, 5.74) is 1.34. The Balaban J connectivity index is 2.08. The van der Waals surface area contributed by atoms with Gasteiger partial charge in [-0.15, -0.1) is 5.10 Å². The first-order valence-electron chi connectivity index (χ1n) is 7.18. The topological polar surface area (TPSA) is 59.9 Å². The summed E-state index contributed by atoms with van der Waals surface area (Å²) in [6.45, 7) is 7.51. The zero-order valence-corrected chi connectivity index (χ0v) is 15.4. The van der Waals surface area contributed by atoms with Crippen molar-refractivity contribution in [1.29, 1.82) is 0 Å². The molecule has 0 amide bonds. The molecule has 0 aliphatic carbocycles. The van der Waals surface area contributed by atoms with Crippen molar-refractivity contribution in [1.82, 2.24) is 14.9 Å². The van der Waals surface area contributed by atoms with E-state index in [0.29, 0.717) is 12.0 Å². The molecule has 2 aromatic heterocycles. The van der Waals surface area contributed by atoms with Crippen LogP contribution < -0.4 is 10.4 Å². The highest BCUT2D eigenvalue weighted by atomic mass is 79.9. The molecule has 0 aliphatic heterocycles. The first-order chi connectivity index (χ1) is 10.3. The van der Waals surface area contributed by atoms with Crippen LogP contribution in [0.25, 0.3) is 21.8 Å². The Morgan fingerprint density at radius 1 is 1.32 bits per heavy atom. The summed E-state index contributed by atoms with van der Waals surface area (Å²) in [4.78, 5) is 22.3. The number of halogens is 1. The van der Waals surface area contributed by atoms with Crippen molar-refractivity contribution in [2.24, 2.45) is 0 Å². The minimum absolute atomic E-state index is 0.152. The number of aromatic nitrogens is 3. The van der Waals surface area contributed by atoms with Crippen LogP contribution in [0.15, 0.2) is 33.7 Å². The Kier molecular flexibility index (Phi) is 3.86. The fourth-order valence-corrected chi connectivity index (χ4v) is 3.36. The van der Waals surface area contributed by atoms with Crippen LogP contribution in [-0.2, 0) is 0 Å². The van der Waals surface area contributed by atoms with Gasteiger partial charge in [0.05, 0.1) is 17.1 Å². The third-order valence-corrected chi connectivity index (χ3v) is 5.73. The molecular weight excluding hydrogens is 362 g/mol. The van der Waals surface area contributed by atoms with Crippen molar-refractivity contribution in [3.63, 3.8) is 0 Å². The molecule has 0 unspecified atom stereocenters. The largest absolute Gasteiger partial charge is 0.396 e. The lowest BCUT2D eigenvalue weighted by atomic mass is 10.2. The first kappa shape index (κ1) is 15.3. The number of rotatable bonds is 4. The van der Waals surface area contributed by atoms with Gasteiger partial charge >= 0.3 is 0 Å². The van der Waals surface area contributed by atoms with Crippen molar-refractivity contribution < 1.29 is 4.84 Å². The lowest BCUT2D eigenvalue weighted by Crippen LogP contribution is -2.25. The monoisotopic (exact) mass is 379 g/mol. The van der Waals surface area contributed by atoms with Crippen molar-refractivity contribution in [3.8, 4) is 0 Å². The van der Waals surface area contributed by atoms with E-state index in [1.807, 2.05) is 18.2 Å². The molecule has 0 aliphatic rings. The molecule has 2 heterocycles. The van der Waals surface area contributed by atoms with E-state index in [-0.39, 0.29) is 5.56 Å². The molecule has 22 heavy (non-hydrogen) atoms. The maximum atomic E-state index is 12.2. The van der Waals surface area contributed by atoms with E-state index < -0.39 is 8.07 Å². The molecule has 116 valence electrons. The van der Waals surface area contributed by atoms with E-state index in [2.05, 4.69) is 45.7 Å². The Labute approximate surface area is 137 Å². The van der Waals surface area contributed by atoms with Crippen LogP contribution in [0.4, 0.5) is 0 Å². The number of hydrogen-bond donors (Lipinski definition) is 1. The average molecular weight is 380 g/mol. The second-order valence-corrected chi connectivity index (χ2v) is 13.1. The van der Waals surface area contributed by atoms with Crippen molar-refractivity contribution in [2.75, 3.05) is 6.61 Å². The number of nitrogens with zero attached hydrogens (tertiary/aromatic N) is 2.